The third-order valence-corrected chi connectivity index (χ3v) is 4.80. The highest BCUT2D eigenvalue weighted by Crippen LogP contribution is 2.21. The Morgan fingerprint density at radius 1 is 1.29 bits per heavy atom. The SMILES string of the molecule is CCOC(=O)Cc1csc(NC(=O)CN2CCN(c3ccc(F)cc3)C2=O)n1. The number of carbonyl (C=O) groups is 3. The summed E-state index contributed by atoms with van der Waals surface area (Å²) in [5.74, 6) is -1.14. The summed E-state index contributed by atoms with van der Waals surface area (Å²) in [5.41, 5.74) is 1.09. The first-order valence-electron chi connectivity index (χ1n) is 8.68. The number of hydrogen-bond donors (Lipinski definition) is 1. The van der Waals surface area contributed by atoms with Crippen LogP contribution in [0.15, 0.2) is 29.6 Å². The van der Waals surface area contributed by atoms with Crippen LogP contribution in [0.1, 0.15) is 12.6 Å². The van der Waals surface area contributed by atoms with Crippen molar-refractivity contribution >= 4 is 40.1 Å². The van der Waals surface area contributed by atoms with Gasteiger partial charge in [-0.25, -0.2) is 14.2 Å². The number of nitrogens with one attached hydrogen (secondary N) is 1. The number of ether oxygens (including phenoxy) is 1. The molecule has 0 spiro atoms. The molecule has 0 unspecified atom stereocenters. The van der Waals surface area contributed by atoms with E-state index in [1.165, 1.54) is 45.4 Å². The van der Waals surface area contributed by atoms with Crippen LogP contribution < -0.4 is 10.2 Å². The highest BCUT2D eigenvalue weighted by Gasteiger charge is 2.31. The van der Waals surface area contributed by atoms with Crippen molar-refractivity contribution in [3.8, 4) is 0 Å². The van der Waals surface area contributed by atoms with Crippen molar-refractivity contribution in [3.05, 3.63) is 41.2 Å². The molecule has 8 nitrogen and oxygen atoms in total. The molecule has 1 aliphatic rings. The van der Waals surface area contributed by atoms with Crippen molar-refractivity contribution in [2.75, 3.05) is 36.5 Å². The summed E-state index contributed by atoms with van der Waals surface area (Å²) in [6.45, 7) is 2.70. The lowest BCUT2D eigenvalue weighted by atomic mass is 10.3. The lowest BCUT2D eigenvalue weighted by Gasteiger charge is -2.18. The molecule has 10 heteroatoms. The Hall–Kier alpha value is -3.01. The summed E-state index contributed by atoms with van der Waals surface area (Å²) in [5, 5.41) is 4.65. The van der Waals surface area contributed by atoms with Gasteiger partial charge in [-0.1, -0.05) is 0 Å². The summed E-state index contributed by atoms with van der Waals surface area (Å²) in [6.07, 6.45) is 0.0391. The fourth-order valence-corrected chi connectivity index (χ4v) is 3.45. The van der Waals surface area contributed by atoms with Gasteiger partial charge in [0.25, 0.3) is 0 Å². The number of halogens is 1. The van der Waals surface area contributed by atoms with E-state index in [1.54, 1.807) is 12.3 Å². The Balaban J connectivity index is 1.52. The predicted octanol–water partition coefficient (Wildman–Crippen LogP) is 2.27. The van der Waals surface area contributed by atoms with Gasteiger partial charge in [0.2, 0.25) is 5.91 Å². The molecule has 28 heavy (non-hydrogen) atoms. The summed E-state index contributed by atoms with van der Waals surface area (Å²) in [6, 6.07) is 5.31. The van der Waals surface area contributed by atoms with Crippen molar-refractivity contribution < 1.29 is 23.5 Å². The third-order valence-electron chi connectivity index (χ3n) is 4.00. The molecule has 2 heterocycles. The molecule has 1 aromatic heterocycles. The van der Waals surface area contributed by atoms with Gasteiger partial charge in [0.05, 0.1) is 18.7 Å². The number of aromatic nitrogens is 1. The van der Waals surface area contributed by atoms with Gasteiger partial charge < -0.3 is 15.0 Å². The van der Waals surface area contributed by atoms with Gasteiger partial charge in [-0.2, -0.15) is 0 Å². The van der Waals surface area contributed by atoms with Crippen LogP contribution in [0.3, 0.4) is 0 Å². The van der Waals surface area contributed by atoms with Gasteiger partial charge in [0.15, 0.2) is 5.13 Å². The first kappa shape index (κ1) is 19.7. The predicted molar refractivity (Wildman–Crippen MR) is 102 cm³/mol. The summed E-state index contributed by atoms with van der Waals surface area (Å²) >= 11 is 1.20. The molecule has 0 radical (unpaired) electrons. The lowest BCUT2D eigenvalue weighted by Crippen LogP contribution is -2.37. The number of anilines is 2. The number of esters is 1. The van der Waals surface area contributed by atoms with Crippen molar-refractivity contribution in [3.63, 3.8) is 0 Å². The number of benzene rings is 1. The highest BCUT2D eigenvalue weighted by molar-refractivity contribution is 7.13. The third kappa shape index (κ3) is 4.83. The molecule has 0 bridgehead atoms. The maximum Gasteiger partial charge on any atom is 0.325 e. The monoisotopic (exact) mass is 406 g/mol. The summed E-state index contributed by atoms with van der Waals surface area (Å²) in [7, 11) is 0. The molecule has 148 valence electrons. The molecule has 1 aromatic carbocycles. The molecular formula is C18H19FN4O4S. The highest BCUT2D eigenvalue weighted by atomic mass is 32.1. The van der Waals surface area contributed by atoms with Crippen LogP contribution in [0, 0.1) is 5.82 Å². The van der Waals surface area contributed by atoms with Crippen molar-refractivity contribution in [1.29, 1.82) is 0 Å². The molecule has 1 N–H and O–H groups in total. The Bertz CT molecular complexity index is 871. The minimum Gasteiger partial charge on any atom is -0.466 e. The van der Waals surface area contributed by atoms with Crippen LogP contribution in [0.4, 0.5) is 20.0 Å². The number of carbonyl (C=O) groups excluding carboxylic acids is 3. The van der Waals surface area contributed by atoms with Gasteiger partial charge >= 0.3 is 12.0 Å². The number of hydrogen-bond acceptors (Lipinski definition) is 6. The van der Waals surface area contributed by atoms with Gasteiger partial charge in [0.1, 0.15) is 12.4 Å². The average Bonchev–Trinajstić information content (AvgIpc) is 3.23. The van der Waals surface area contributed by atoms with Gasteiger partial charge in [0, 0.05) is 24.2 Å². The topological polar surface area (TPSA) is 91.8 Å². The summed E-state index contributed by atoms with van der Waals surface area (Å²) in [4.78, 5) is 43.3. The Morgan fingerprint density at radius 3 is 2.75 bits per heavy atom. The van der Waals surface area contributed by atoms with E-state index < -0.39 is 0 Å². The quantitative estimate of drug-likeness (QED) is 0.712. The first-order valence-corrected chi connectivity index (χ1v) is 9.56. The number of amides is 3. The first-order chi connectivity index (χ1) is 13.5. The number of nitrogens with zero attached hydrogens (tertiary/aromatic N) is 3. The molecule has 0 saturated carbocycles. The summed E-state index contributed by atoms with van der Waals surface area (Å²) < 4.78 is 17.9. The van der Waals surface area contributed by atoms with Gasteiger partial charge in [-0.15, -0.1) is 11.3 Å². The number of rotatable bonds is 7. The molecule has 2 aromatic rings. The second-order valence-electron chi connectivity index (χ2n) is 6.01. The zero-order valence-electron chi connectivity index (χ0n) is 15.2. The normalized spacial score (nSPS) is 13.7. The fourth-order valence-electron chi connectivity index (χ4n) is 2.73. The molecule has 0 aliphatic carbocycles. The van der Waals surface area contributed by atoms with Crippen LogP contribution >= 0.6 is 11.3 Å². The molecule has 1 saturated heterocycles. The van der Waals surface area contributed by atoms with Crippen molar-refractivity contribution in [2.24, 2.45) is 0 Å². The molecule has 0 atom stereocenters. The van der Waals surface area contributed by atoms with E-state index >= 15 is 0 Å². The molecule has 3 amide bonds. The van der Waals surface area contributed by atoms with Crippen LogP contribution in [0.2, 0.25) is 0 Å². The van der Waals surface area contributed by atoms with Crippen LogP contribution in [0.5, 0.6) is 0 Å². The van der Waals surface area contributed by atoms with E-state index in [2.05, 4.69) is 10.3 Å². The smallest absolute Gasteiger partial charge is 0.325 e. The van der Waals surface area contributed by atoms with Crippen LogP contribution in [-0.4, -0.2) is 54.0 Å². The standard InChI is InChI=1S/C18H19FN4O4S/c1-2-27-16(25)9-13-11-28-17(20-13)21-15(24)10-22-7-8-23(18(22)26)14-5-3-12(19)4-6-14/h3-6,11H,2,7-10H2,1H3,(H,20,21,24). The van der Waals surface area contributed by atoms with Crippen LogP contribution in [-0.2, 0) is 20.7 Å². The van der Waals surface area contributed by atoms with E-state index in [4.69, 9.17) is 4.74 Å². The largest absolute Gasteiger partial charge is 0.466 e. The van der Waals surface area contributed by atoms with E-state index in [0.717, 1.165) is 0 Å². The average molecular weight is 406 g/mol. The van der Waals surface area contributed by atoms with Crippen molar-refractivity contribution in [2.45, 2.75) is 13.3 Å². The second kappa shape index (κ2) is 8.79. The van der Waals surface area contributed by atoms with Gasteiger partial charge in [-0.05, 0) is 31.2 Å². The Labute approximate surface area is 164 Å². The van der Waals surface area contributed by atoms with Crippen molar-refractivity contribution in [1.82, 2.24) is 9.88 Å². The van der Waals surface area contributed by atoms with Crippen LogP contribution in [0.25, 0.3) is 0 Å². The minimum absolute atomic E-state index is 0.0391. The van der Waals surface area contributed by atoms with E-state index in [9.17, 15) is 18.8 Å². The maximum atomic E-state index is 13.0. The van der Waals surface area contributed by atoms with Gasteiger partial charge in [-0.3, -0.25) is 14.5 Å². The Kier molecular flexibility index (Phi) is 6.19. The molecule has 1 fully saturated rings. The van der Waals surface area contributed by atoms with E-state index in [0.29, 0.717) is 36.2 Å². The number of urea groups is 1. The second-order valence-corrected chi connectivity index (χ2v) is 6.86. The minimum atomic E-state index is -0.383. The maximum absolute atomic E-state index is 13.0. The fraction of sp³-hybridized carbons (Fsp3) is 0.333. The molecule has 1 aliphatic heterocycles. The lowest BCUT2D eigenvalue weighted by molar-refractivity contribution is -0.142. The zero-order chi connectivity index (χ0) is 20.1. The van der Waals surface area contributed by atoms with E-state index in [-0.39, 0.29) is 36.7 Å². The molecular weight excluding hydrogens is 387 g/mol. The Morgan fingerprint density at radius 2 is 2.04 bits per heavy atom. The molecule has 3 rings (SSSR count). The zero-order valence-corrected chi connectivity index (χ0v) is 16.0. The van der Waals surface area contributed by atoms with E-state index in [1.807, 2.05) is 0 Å². The number of thiazole rings is 1.